The van der Waals surface area contributed by atoms with Crippen LogP contribution in [0.5, 0.6) is 0 Å². The Morgan fingerprint density at radius 3 is 2.25 bits per heavy atom. The fraction of sp³-hybridized carbons (Fsp3) is 0.160. The fourth-order valence-corrected chi connectivity index (χ4v) is 5.04. The predicted molar refractivity (Wildman–Crippen MR) is 126 cm³/mol. The maximum atomic E-state index is 13.3. The summed E-state index contributed by atoms with van der Waals surface area (Å²) in [7, 11) is -3.65. The number of fused-ring (bicyclic) bond motifs is 1. The molecule has 1 aromatic heterocycles. The maximum Gasteiger partial charge on any atom is 0.338 e. The smallest absolute Gasteiger partial charge is 0.338 e. The van der Waals surface area contributed by atoms with Gasteiger partial charge in [-0.25, -0.2) is 13.2 Å². The molecular formula is C25H24N2O4S. The molecule has 4 rings (SSSR count). The van der Waals surface area contributed by atoms with E-state index in [0.29, 0.717) is 30.8 Å². The van der Waals surface area contributed by atoms with Gasteiger partial charge in [-0.05, 0) is 36.2 Å². The molecule has 0 spiro atoms. The van der Waals surface area contributed by atoms with Gasteiger partial charge in [-0.3, -0.25) is 0 Å². The molecule has 32 heavy (non-hydrogen) atoms. The van der Waals surface area contributed by atoms with E-state index < -0.39 is 15.6 Å². The number of nitrogens with one attached hydrogen (secondary N) is 1. The lowest BCUT2D eigenvalue weighted by Crippen LogP contribution is -2.32. The first kappa shape index (κ1) is 21.8. The van der Waals surface area contributed by atoms with E-state index in [1.165, 1.54) is 10.4 Å². The van der Waals surface area contributed by atoms with Crippen molar-refractivity contribution in [2.45, 2.75) is 17.9 Å². The van der Waals surface area contributed by atoms with Gasteiger partial charge in [0.1, 0.15) is 5.58 Å². The third-order valence-corrected chi connectivity index (χ3v) is 6.99. The summed E-state index contributed by atoms with van der Waals surface area (Å²) >= 11 is 0. The molecule has 4 aromatic rings. The quantitative estimate of drug-likeness (QED) is 0.302. The van der Waals surface area contributed by atoms with Gasteiger partial charge >= 0.3 is 5.63 Å². The van der Waals surface area contributed by atoms with Crippen LogP contribution in [0.25, 0.3) is 11.0 Å². The minimum atomic E-state index is -3.65. The molecule has 164 valence electrons. The van der Waals surface area contributed by atoms with E-state index in [1.807, 2.05) is 48.5 Å². The molecule has 0 bridgehead atoms. The van der Waals surface area contributed by atoms with Crippen LogP contribution < -0.4 is 10.9 Å². The summed E-state index contributed by atoms with van der Waals surface area (Å²) in [6.07, 6.45) is 0.563. The van der Waals surface area contributed by atoms with Gasteiger partial charge in [-0.2, -0.15) is 4.31 Å². The van der Waals surface area contributed by atoms with Gasteiger partial charge in [0.2, 0.25) is 10.0 Å². The topological polar surface area (TPSA) is 79.6 Å². The molecular weight excluding hydrogens is 424 g/mol. The first-order chi connectivity index (χ1) is 15.5. The molecule has 1 N–H and O–H groups in total. The molecule has 0 aliphatic rings. The number of para-hydroxylation sites is 1. The number of hydrogen-bond donors (Lipinski definition) is 1. The number of anilines is 1. The van der Waals surface area contributed by atoms with Crippen LogP contribution in [-0.4, -0.2) is 25.8 Å². The number of nitrogens with zero attached hydrogens (tertiary/aromatic N) is 1. The molecule has 0 saturated heterocycles. The Bertz CT molecular complexity index is 1340. The van der Waals surface area contributed by atoms with Crippen LogP contribution in [0.2, 0.25) is 0 Å². The van der Waals surface area contributed by atoms with Gasteiger partial charge in [0.05, 0.1) is 10.6 Å². The fourth-order valence-electron chi connectivity index (χ4n) is 3.55. The van der Waals surface area contributed by atoms with Crippen LogP contribution in [0, 0.1) is 0 Å². The average molecular weight is 449 g/mol. The third-order valence-electron chi connectivity index (χ3n) is 5.13. The highest BCUT2D eigenvalue weighted by Gasteiger charge is 2.24. The highest BCUT2D eigenvalue weighted by molar-refractivity contribution is 7.89. The zero-order valence-electron chi connectivity index (χ0n) is 17.5. The van der Waals surface area contributed by atoms with E-state index in [2.05, 4.69) is 5.32 Å². The van der Waals surface area contributed by atoms with Crippen LogP contribution in [0.4, 0.5) is 5.69 Å². The zero-order valence-corrected chi connectivity index (χ0v) is 18.3. The Morgan fingerprint density at radius 1 is 0.844 bits per heavy atom. The van der Waals surface area contributed by atoms with Crippen molar-refractivity contribution in [3.63, 3.8) is 0 Å². The van der Waals surface area contributed by atoms with Crippen molar-refractivity contribution in [2.24, 2.45) is 0 Å². The molecule has 0 fully saturated rings. The van der Waals surface area contributed by atoms with Crippen molar-refractivity contribution in [2.75, 3.05) is 18.4 Å². The number of sulfonamides is 1. The van der Waals surface area contributed by atoms with Gasteiger partial charge in [-0.15, -0.1) is 0 Å². The summed E-state index contributed by atoms with van der Waals surface area (Å²) < 4.78 is 33.3. The lowest BCUT2D eigenvalue weighted by atomic mass is 10.2. The van der Waals surface area contributed by atoms with Gasteiger partial charge < -0.3 is 9.73 Å². The Hall–Kier alpha value is -3.42. The van der Waals surface area contributed by atoms with Gasteiger partial charge in [0, 0.05) is 31.1 Å². The van der Waals surface area contributed by atoms with E-state index in [0.717, 1.165) is 10.9 Å². The minimum absolute atomic E-state index is 0.274. The lowest BCUT2D eigenvalue weighted by molar-refractivity contribution is 0.403. The first-order valence-corrected chi connectivity index (χ1v) is 11.8. The van der Waals surface area contributed by atoms with Gasteiger partial charge in [0.15, 0.2) is 0 Å². The molecule has 0 atom stereocenters. The van der Waals surface area contributed by atoms with Crippen molar-refractivity contribution in [1.82, 2.24) is 4.31 Å². The molecule has 0 aliphatic carbocycles. The van der Waals surface area contributed by atoms with Crippen molar-refractivity contribution < 1.29 is 12.8 Å². The largest absolute Gasteiger partial charge is 0.423 e. The lowest BCUT2D eigenvalue weighted by Gasteiger charge is -2.22. The van der Waals surface area contributed by atoms with Gasteiger partial charge in [-0.1, -0.05) is 60.7 Å². The molecule has 3 aromatic carbocycles. The maximum absolute atomic E-state index is 13.3. The van der Waals surface area contributed by atoms with E-state index in [9.17, 15) is 13.2 Å². The molecule has 0 unspecified atom stereocenters. The number of rotatable bonds is 9. The summed E-state index contributed by atoms with van der Waals surface area (Å²) in [5.74, 6) is 0. The van der Waals surface area contributed by atoms with Crippen LogP contribution in [-0.2, 0) is 16.6 Å². The molecule has 7 heteroatoms. The summed E-state index contributed by atoms with van der Waals surface area (Å²) in [5, 5.41) is 4.07. The first-order valence-electron chi connectivity index (χ1n) is 10.4. The van der Waals surface area contributed by atoms with E-state index >= 15 is 0 Å². The van der Waals surface area contributed by atoms with E-state index in [1.54, 1.807) is 36.4 Å². The second kappa shape index (κ2) is 9.80. The predicted octanol–water partition coefficient (Wildman–Crippen LogP) is 4.49. The highest BCUT2D eigenvalue weighted by Crippen LogP contribution is 2.22. The van der Waals surface area contributed by atoms with Crippen molar-refractivity contribution in [1.29, 1.82) is 0 Å². The van der Waals surface area contributed by atoms with Gasteiger partial charge in [0.25, 0.3) is 0 Å². The standard InChI is InChI=1S/C25H24N2O4S/c28-25-18-23(22-14-7-8-15-24(22)31-25)26-16-9-17-27(19-20-10-3-1-4-11-20)32(29,30)21-12-5-2-6-13-21/h1-8,10-15,18,26H,9,16-17,19H2. The zero-order chi connectivity index (χ0) is 22.4. The SMILES string of the molecule is O=c1cc(NCCCN(Cc2ccccc2)S(=O)(=O)c2ccccc2)c2ccccc2o1. The summed E-state index contributed by atoms with van der Waals surface area (Å²) in [6.45, 7) is 1.12. The molecule has 0 saturated carbocycles. The molecule has 1 heterocycles. The van der Waals surface area contributed by atoms with Crippen molar-refractivity contribution >= 4 is 26.7 Å². The van der Waals surface area contributed by atoms with Crippen LogP contribution in [0.15, 0.2) is 105 Å². The molecule has 0 amide bonds. The minimum Gasteiger partial charge on any atom is -0.423 e. The van der Waals surface area contributed by atoms with E-state index in [-0.39, 0.29) is 11.4 Å². The Morgan fingerprint density at radius 2 is 1.50 bits per heavy atom. The van der Waals surface area contributed by atoms with Crippen LogP contribution in [0.1, 0.15) is 12.0 Å². The second-order valence-electron chi connectivity index (χ2n) is 7.39. The summed E-state index contributed by atoms with van der Waals surface area (Å²) in [4.78, 5) is 12.1. The Labute approximate surface area is 187 Å². The Balaban J connectivity index is 1.49. The number of hydrogen-bond acceptors (Lipinski definition) is 5. The normalized spacial score (nSPS) is 11.7. The monoisotopic (exact) mass is 448 g/mol. The Kier molecular flexibility index (Phi) is 6.68. The highest BCUT2D eigenvalue weighted by atomic mass is 32.2. The molecule has 0 radical (unpaired) electrons. The number of benzene rings is 3. The summed E-state index contributed by atoms with van der Waals surface area (Å²) in [6, 6.07) is 26.7. The average Bonchev–Trinajstić information content (AvgIpc) is 2.82. The summed E-state index contributed by atoms with van der Waals surface area (Å²) in [5.41, 5.74) is 1.69. The third kappa shape index (κ3) is 5.07. The molecule has 0 aliphatic heterocycles. The van der Waals surface area contributed by atoms with E-state index in [4.69, 9.17) is 4.42 Å². The van der Waals surface area contributed by atoms with Crippen molar-refractivity contribution in [3.8, 4) is 0 Å². The molecule has 6 nitrogen and oxygen atoms in total. The van der Waals surface area contributed by atoms with Crippen LogP contribution in [0.3, 0.4) is 0 Å². The second-order valence-corrected chi connectivity index (χ2v) is 9.33. The van der Waals surface area contributed by atoms with Crippen molar-refractivity contribution in [3.05, 3.63) is 107 Å². The van der Waals surface area contributed by atoms with Crippen LogP contribution >= 0.6 is 0 Å².